The molecule has 2 heterocycles. The Labute approximate surface area is 108 Å². The summed E-state index contributed by atoms with van der Waals surface area (Å²) in [7, 11) is -3.23. The van der Waals surface area contributed by atoms with Gasteiger partial charge in [0.1, 0.15) is 0 Å². The fraction of sp³-hybridized carbons (Fsp3) is 0.900. The summed E-state index contributed by atoms with van der Waals surface area (Å²) < 4.78 is 27.7. The summed E-state index contributed by atoms with van der Waals surface area (Å²) in [5, 5.41) is 0. The van der Waals surface area contributed by atoms with Crippen LogP contribution in [0.1, 0.15) is 25.7 Å². The predicted molar refractivity (Wildman–Crippen MR) is 70.8 cm³/mol. The second-order valence-electron chi connectivity index (χ2n) is 4.69. The highest BCUT2D eigenvalue weighted by molar-refractivity contribution is 7.86. The molecule has 0 spiro atoms. The molecule has 7 heteroatoms. The minimum atomic E-state index is -3.23. The molecule has 0 aliphatic carbocycles. The molecule has 2 N–H and O–H groups in total. The van der Waals surface area contributed by atoms with E-state index in [-0.39, 0.29) is 5.92 Å². The van der Waals surface area contributed by atoms with Gasteiger partial charge in [0, 0.05) is 32.1 Å². The Kier molecular flexibility index (Phi) is 4.02. The van der Waals surface area contributed by atoms with E-state index >= 15 is 0 Å². The van der Waals surface area contributed by atoms with Crippen LogP contribution in [0.25, 0.3) is 0 Å². The van der Waals surface area contributed by atoms with Crippen LogP contribution >= 0.6 is 12.2 Å². The van der Waals surface area contributed by atoms with Crippen molar-refractivity contribution in [3.05, 3.63) is 0 Å². The van der Waals surface area contributed by atoms with E-state index in [2.05, 4.69) is 0 Å². The van der Waals surface area contributed by atoms with E-state index in [1.54, 1.807) is 8.61 Å². The lowest BCUT2D eigenvalue weighted by Crippen LogP contribution is -2.47. The van der Waals surface area contributed by atoms with Gasteiger partial charge in [-0.15, -0.1) is 0 Å². The zero-order valence-electron chi connectivity index (χ0n) is 9.84. The molecule has 2 rings (SSSR count). The zero-order valence-corrected chi connectivity index (χ0v) is 11.5. The van der Waals surface area contributed by atoms with Gasteiger partial charge in [0.15, 0.2) is 0 Å². The number of piperidine rings is 1. The van der Waals surface area contributed by atoms with E-state index in [0.717, 1.165) is 25.7 Å². The molecule has 2 aliphatic heterocycles. The van der Waals surface area contributed by atoms with Crippen molar-refractivity contribution in [1.82, 2.24) is 8.61 Å². The van der Waals surface area contributed by atoms with Gasteiger partial charge in [0.2, 0.25) is 0 Å². The summed E-state index contributed by atoms with van der Waals surface area (Å²) in [6.07, 6.45) is 3.45. The van der Waals surface area contributed by atoms with Crippen LogP contribution in [0.5, 0.6) is 0 Å². The summed E-state index contributed by atoms with van der Waals surface area (Å²) in [5.41, 5.74) is 5.60. The molecule has 2 fully saturated rings. The molecule has 0 unspecified atom stereocenters. The Morgan fingerprint density at radius 2 is 1.53 bits per heavy atom. The summed E-state index contributed by atoms with van der Waals surface area (Å²) >= 11 is 4.95. The lowest BCUT2D eigenvalue weighted by Gasteiger charge is -2.33. The first-order valence-corrected chi connectivity index (χ1v) is 7.87. The Morgan fingerprint density at radius 1 is 1.06 bits per heavy atom. The topological polar surface area (TPSA) is 66.6 Å². The van der Waals surface area contributed by atoms with Crippen LogP contribution < -0.4 is 5.73 Å². The average Bonchev–Trinajstić information content (AvgIpc) is 2.83. The molecule has 5 nitrogen and oxygen atoms in total. The van der Waals surface area contributed by atoms with Crippen molar-refractivity contribution in [3.8, 4) is 0 Å². The van der Waals surface area contributed by atoms with Crippen molar-refractivity contribution < 1.29 is 8.42 Å². The van der Waals surface area contributed by atoms with Gasteiger partial charge in [0.25, 0.3) is 10.2 Å². The zero-order chi connectivity index (χ0) is 12.5. The van der Waals surface area contributed by atoms with Crippen LogP contribution in [-0.4, -0.2) is 48.2 Å². The minimum Gasteiger partial charge on any atom is -0.393 e. The number of rotatable bonds is 3. The third kappa shape index (κ3) is 2.78. The highest BCUT2D eigenvalue weighted by atomic mass is 32.2. The van der Waals surface area contributed by atoms with Crippen molar-refractivity contribution in [2.45, 2.75) is 25.7 Å². The monoisotopic (exact) mass is 277 g/mol. The van der Waals surface area contributed by atoms with Crippen LogP contribution in [0, 0.1) is 5.92 Å². The number of hydrogen-bond acceptors (Lipinski definition) is 3. The first kappa shape index (κ1) is 13.2. The normalized spacial score (nSPS) is 25.2. The van der Waals surface area contributed by atoms with E-state index in [1.807, 2.05) is 0 Å². The van der Waals surface area contributed by atoms with E-state index in [9.17, 15) is 8.42 Å². The first-order chi connectivity index (χ1) is 8.01. The summed E-state index contributed by atoms with van der Waals surface area (Å²) in [4.78, 5) is 0.517. The standard InChI is InChI=1S/C10H19N3O2S2/c11-10(16)9-3-7-13(8-4-9)17(14,15)12-5-1-2-6-12/h9H,1-8H2,(H2,11,16). The molecule has 98 valence electrons. The average molecular weight is 277 g/mol. The van der Waals surface area contributed by atoms with Crippen molar-refractivity contribution >= 4 is 27.4 Å². The maximum Gasteiger partial charge on any atom is 0.281 e. The number of hydrogen-bond donors (Lipinski definition) is 1. The third-order valence-corrected chi connectivity index (χ3v) is 5.94. The lowest BCUT2D eigenvalue weighted by atomic mass is 9.98. The molecule has 2 aliphatic rings. The Balaban J connectivity index is 1.98. The highest BCUT2D eigenvalue weighted by Gasteiger charge is 2.34. The van der Waals surface area contributed by atoms with Gasteiger partial charge in [-0.05, 0) is 25.7 Å². The molecular formula is C10H19N3O2S2. The van der Waals surface area contributed by atoms with Gasteiger partial charge < -0.3 is 5.73 Å². The Bertz CT molecular complexity index is 382. The van der Waals surface area contributed by atoms with Crippen LogP contribution in [0.15, 0.2) is 0 Å². The van der Waals surface area contributed by atoms with Crippen LogP contribution in [0.2, 0.25) is 0 Å². The quantitative estimate of drug-likeness (QED) is 0.755. The molecule has 0 bridgehead atoms. The fourth-order valence-corrected chi connectivity index (χ4v) is 4.41. The molecule has 0 aromatic heterocycles. The largest absolute Gasteiger partial charge is 0.393 e. The van der Waals surface area contributed by atoms with Crippen molar-refractivity contribution in [1.29, 1.82) is 0 Å². The maximum absolute atomic E-state index is 12.3. The fourth-order valence-electron chi connectivity index (χ4n) is 2.45. The highest BCUT2D eigenvalue weighted by Crippen LogP contribution is 2.23. The maximum atomic E-state index is 12.3. The number of thiocarbonyl (C=S) groups is 1. The summed E-state index contributed by atoms with van der Waals surface area (Å²) in [6, 6.07) is 0. The molecule has 2 saturated heterocycles. The number of nitrogens with zero attached hydrogens (tertiary/aromatic N) is 2. The van der Waals surface area contributed by atoms with Gasteiger partial charge in [-0.1, -0.05) is 12.2 Å². The van der Waals surface area contributed by atoms with Crippen molar-refractivity contribution in [3.63, 3.8) is 0 Å². The smallest absolute Gasteiger partial charge is 0.281 e. The van der Waals surface area contributed by atoms with Crippen LogP contribution in [-0.2, 0) is 10.2 Å². The Morgan fingerprint density at radius 3 is 2.00 bits per heavy atom. The molecule has 0 saturated carbocycles. The SMILES string of the molecule is NC(=S)C1CCN(S(=O)(=O)N2CCCC2)CC1. The molecule has 0 aromatic rings. The van der Waals surface area contributed by atoms with Gasteiger partial charge in [-0.3, -0.25) is 0 Å². The predicted octanol–water partition coefficient (Wildman–Crippen LogP) is 0.325. The molecule has 0 aromatic carbocycles. The first-order valence-electron chi connectivity index (χ1n) is 6.06. The second-order valence-corrected chi connectivity index (χ2v) is 7.09. The minimum absolute atomic E-state index is 0.204. The van der Waals surface area contributed by atoms with Gasteiger partial charge in [-0.25, -0.2) is 0 Å². The number of nitrogens with two attached hydrogens (primary N) is 1. The molecule has 17 heavy (non-hydrogen) atoms. The summed E-state index contributed by atoms with van der Waals surface area (Å²) in [5.74, 6) is 0.204. The van der Waals surface area contributed by atoms with Crippen molar-refractivity contribution in [2.24, 2.45) is 11.7 Å². The molecular weight excluding hydrogens is 258 g/mol. The lowest BCUT2D eigenvalue weighted by molar-refractivity contribution is 0.293. The van der Waals surface area contributed by atoms with E-state index in [0.29, 0.717) is 31.2 Å². The molecule has 0 amide bonds. The second kappa shape index (κ2) is 5.17. The molecule has 0 radical (unpaired) electrons. The Hall–Kier alpha value is -0.240. The van der Waals surface area contributed by atoms with Gasteiger partial charge >= 0.3 is 0 Å². The summed E-state index contributed by atoms with van der Waals surface area (Å²) in [6.45, 7) is 2.41. The van der Waals surface area contributed by atoms with Crippen LogP contribution in [0.4, 0.5) is 0 Å². The molecule has 0 atom stereocenters. The van der Waals surface area contributed by atoms with Crippen molar-refractivity contribution in [2.75, 3.05) is 26.2 Å². The van der Waals surface area contributed by atoms with Crippen LogP contribution in [0.3, 0.4) is 0 Å². The van der Waals surface area contributed by atoms with Gasteiger partial charge in [0.05, 0.1) is 4.99 Å². The van der Waals surface area contributed by atoms with E-state index in [1.165, 1.54) is 0 Å². The van der Waals surface area contributed by atoms with Gasteiger partial charge in [-0.2, -0.15) is 17.0 Å². The van der Waals surface area contributed by atoms with E-state index < -0.39 is 10.2 Å². The third-order valence-electron chi connectivity index (χ3n) is 3.57. The van der Waals surface area contributed by atoms with E-state index in [4.69, 9.17) is 18.0 Å².